The standard InChI is InChI=1S/C41H50N4O3/c1-6-23-14-22-15-32-38-26(12-13-45(20-22)40(23)32)28-19-36(47-4)29(17-34(28)43-38)30-16-27-24(7-2)21-44(3)35(37(27)41(46)48-5)18-31-25-10-8-9-11-33(25)42-39(30)31/h7-11,17,19,22-23,27,30,32,35,37,40,42-43H,6,12-16,18,20-21H2,1-5H3/b24-7-/t22-,23+,27-,30+,32+,35-,37?,40+/m1/s1. The maximum absolute atomic E-state index is 13.7. The first-order valence-electron chi connectivity index (χ1n) is 18.4. The van der Waals surface area contributed by atoms with E-state index in [4.69, 9.17) is 9.47 Å². The number of fused-ring (bicyclic) bond motifs is 9. The number of carbonyl (C=O) groups is 1. The molecule has 0 spiro atoms. The summed E-state index contributed by atoms with van der Waals surface area (Å²) in [5, 5.41) is 2.57. The van der Waals surface area contributed by atoms with Gasteiger partial charge in [0.2, 0.25) is 0 Å². The number of likely N-dealkylation sites (tertiary alicyclic amines) is 1. The van der Waals surface area contributed by atoms with E-state index in [1.54, 1.807) is 7.11 Å². The van der Waals surface area contributed by atoms with Crippen LogP contribution in [0.3, 0.4) is 0 Å². The second kappa shape index (κ2) is 11.5. The number of hydrogen-bond donors (Lipinski definition) is 2. The molecule has 2 aromatic heterocycles. The van der Waals surface area contributed by atoms with Crippen LogP contribution < -0.4 is 4.74 Å². The molecule has 10 rings (SSSR count). The van der Waals surface area contributed by atoms with E-state index in [0.29, 0.717) is 12.0 Å². The molecular formula is C41H50N4O3. The van der Waals surface area contributed by atoms with Gasteiger partial charge in [0.25, 0.3) is 0 Å². The van der Waals surface area contributed by atoms with Gasteiger partial charge in [0.15, 0.2) is 0 Å². The number of para-hydroxylation sites is 1. The van der Waals surface area contributed by atoms with Crippen molar-refractivity contribution in [3.8, 4) is 5.75 Å². The van der Waals surface area contributed by atoms with E-state index in [2.05, 4.69) is 83.1 Å². The third kappa shape index (κ3) is 4.42. The Morgan fingerprint density at radius 2 is 1.83 bits per heavy atom. The van der Waals surface area contributed by atoms with E-state index in [1.165, 1.54) is 75.7 Å². The Labute approximate surface area is 284 Å². The highest BCUT2D eigenvalue weighted by atomic mass is 16.5. The monoisotopic (exact) mass is 646 g/mol. The number of aromatic amines is 2. The van der Waals surface area contributed by atoms with Crippen LogP contribution in [0.4, 0.5) is 0 Å². The maximum Gasteiger partial charge on any atom is 0.310 e. The highest BCUT2D eigenvalue weighted by Gasteiger charge is 2.50. The number of ether oxygens (including phenoxy) is 2. The number of methoxy groups -OCH3 is 2. The fraction of sp³-hybridized carbons (Fsp3) is 0.537. The van der Waals surface area contributed by atoms with E-state index in [1.807, 2.05) is 7.11 Å². The molecule has 4 aliphatic heterocycles. The lowest BCUT2D eigenvalue weighted by atomic mass is 9.65. The summed E-state index contributed by atoms with van der Waals surface area (Å²) in [7, 11) is 5.54. The molecule has 252 valence electrons. The van der Waals surface area contributed by atoms with Gasteiger partial charge in [0, 0.05) is 82.3 Å². The van der Waals surface area contributed by atoms with Crippen LogP contribution in [-0.4, -0.2) is 78.7 Å². The topological polar surface area (TPSA) is 73.6 Å². The van der Waals surface area contributed by atoms with Crippen LogP contribution in [0.15, 0.2) is 48.0 Å². The summed E-state index contributed by atoms with van der Waals surface area (Å²) >= 11 is 0. The van der Waals surface area contributed by atoms with Gasteiger partial charge >= 0.3 is 5.97 Å². The van der Waals surface area contributed by atoms with Crippen LogP contribution >= 0.6 is 0 Å². The zero-order valence-electron chi connectivity index (χ0n) is 29.1. The highest BCUT2D eigenvalue weighted by molar-refractivity contribution is 5.89. The summed E-state index contributed by atoms with van der Waals surface area (Å²) in [5.41, 5.74) is 10.5. The van der Waals surface area contributed by atoms with Gasteiger partial charge in [-0.1, -0.05) is 43.2 Å². The normalized spacial score (nSPS) is 33.6. The minimum atomic E-state index is -0.239. The van der Waals surface area contributed by atoms with E-state index in [-0.39, 0.29) is 29.8 Å². The van der Waals surface area contributed by atoms with Gasteiger partial charge in [-0.3, -0.25) is 14.6 Å². The van der Waals surface area contributed by atoms with Crippen LogP contribution in [0.25, 0.3) is 21.8 Å². The number of nitrogens with zero attached hydrogens (tertiary/aromatic N) is 2. The van der Waals surface area contributed by atoms with Gasteiger partial charge in [-0.15, -0.1) is 0 Å². The highest BCUT2D eigenvalue weighted by Crippen LogP contribution is 2.53. The van der Waals surface area contributed by atoms with Crippen molar-refractivity contribution in [3.05, 3.63) is 76.1 Å². The minimum Gasteiger partial charge on any atom is -0.496 e. The first-order valence-corrected chi connectivity index (χ1v) is 18.4. The Balaban J connectivity index is 1.23. The van der Waals surface area contributed by atoms with E-state index in [0.717, 1.165) is 55.5 Å². The van der Waals surface area contributed by atoms with Gasteiger partial charge in [0.1, 0.15) is 5.75 Å². The fourth-order valence-corrected chi connectivity index (χ4v) is 11.4. The summed E-state index contributed by atoms with van der Waals surface area (Å²) in [6, 6.07) is 14.1. The van der Waals surface area contributed by atoms with E-state index in [9.17, 15) is 4.79 Å². The smallest absolute Gasteiger partial charge is 0.310 e. The number of benzene rings is 2. The number of aromatic nitrogens is 2. The van der Waals surface area contributed by atoms with Crippen molar-refractivity contribution in [3.63, 3.8) is 0 Å². The number of H-pyrrole nitrogens is 2. The first kappa shape index (κ1) is 30.5. The Kier molecular flexibility index (Phi) is 7.32. The van der Waals surface area contributed by atoms with Gasteiger partial charge in [-0.05, 0) is 93.2 Å². The molecule has 0 radical (unpaired) electrons. The predicted octanol–water partition coefficient (Wildman–Crippen LogP) is 7.16. The molecule has 4 fully saturated rings. The molecule has 9 atom stereocenters. The van der Waals surface area contributed by atoms with Crippen molar-refractivity contribution in [2.75, 3.05) is 40.9 Å². The number of carbonyl (C=O) groups excluding carboxylic acids is 1. The average Bonchev–Trinajstić information content (AvgIpc) is 3.62. The SMILES string of the molecule is C/C=C1/CN(C)[C@@H]2Cc3c([nH]c4ccccc34)[C@H](c3cc4[nH]c5c(c4cc3OC)CCN3C[C@@H]4C[C@H](CC)[C@H]3[C@H]5C4)C[C@H]1C2C(=O)OC. The molecule has 6 bridgehead atoms. The lowest BCUT2D eigenvalue weighted by Gasteiger charge is -2.53. The molecule has 0 amide bonds. The summed E-state index contributed by atoms with van der Waals surface area (Å²) < 4.78 is 11.9. The molecule has 2 aromatic carbocycles. The van der Waals surface area contributed by atoms with Crippen molar-refractivity contribution >= 4 is 27.8 Å². The van der Waals surface area contributed by atoms with Crippen molar-refractivity contribution in [2.24, 2.45) is 23.7 Å². The Bertz CT molecular complexity index is 1940. The van der Waals surface area contributed by atoms with Crippen LogP contribution in [0.1, 0.15) is 79.4 Å². The molecule has 2 N–H and O–H groups in total. The van der Waals surface area contributed by atoms with Gasteiger partial charge in [-0.25, -0.2) is 0 Å². The van der Waals surface area contributed by atoms with Gasteiger partial charge < -0.3 is 19.4 Å². The number of nitrogens with one attached hydrogen (secondary N) is 2. The molecule has 2 unspecified atom stereocenters. The lowest BCUT2D eigenvalue weighted by Crippen LogP contribution is -2.56. The third-order valence-electron chi connectivity index (χ3n) is 13.5. The number of hydrogen-bond acceptors (Lipinski definition) is 5. The predicted molar refractivity (Wildman–Crippen MR) is 191 cm³/mol. The van der Waals surface area contributed by atoms with Crippen LogP contribution in [-0.2, 0) is 22.4 Å². The van der Waals surface area contributed by atoms with Crippen molar-refractivity contribution in [1.82, 2.24) is 19.8 Å². The Hall–Kier alpha value is -3.55. The molecule has 2 aliphatic carbocycles. The van der Waals surface area contributed by atoms with Crippen LogP contribution in [0, 0.1) is 23.7 Å². The molecule has 3 saturated heterocycles. The van der Waals surface area contributed by atoms with Crippen molar-refractivity contribution in [2.45, 2.75) is 76.3 Å². The van der Waals surface area contributed by atoms with Crippen molar-refractivity contribution < 1.29 is 14.3 Å². The largest absolute Gasteiger partial charge is 0.496 e. The van der Waals surface area contributed by atoms with Gasteiger partial charge in [0.05, 0.1) is 20.1 Å². The maximum atomic E-state index is 13.7. The number of allylic oxidation sites excluding steroid dienone is 1. The third-order valence-corrected chi connectivity index (χ3v) is 13.5. The average molecular weight is 647 g/mol. The molecular weight excluding hydrogens is 596 g/mol. The summed E-state index contributed by atoms with van der Waals surface area (Å²) in [6.07, 6.45) is 8.91. The number of esters is 1. The number of piperidine rings is 3. The van der Waals surface area contributed by atoms with Gasteiger partial charge in [-0.2, -0.15) is 0 Å². The van der Waals surface area contributed by atoms with Crippen LogP contribution in [0.5, 0.6) is 5.75 Å². The summed E-state index contributed by atoms with van der Waals surface area (Å²) in [5.74, 6) is 2.89. The summed E-state index contributed by atoms with van der Waals surface area (Å²) in [4.78, 5) is 26.9. The molecule has 1 saturated carbocycles. The lowest BCUT2D eigenvalue weighted by molar-refractivity contribution is -0.151. The second-order valence-corrected chi connectivity index (χ2v) is 15.6. The zero-order valence-corrected chi connectivity index (χ0v) is 29.1. The molecule has 6 aliphatic rings. The van der Waals surface area contributed by atoms with E-state index < -0.39 is 0 Å². The molecule has 48 heavy (non-hydrogen) atoms. The minimum absolute atomic E-state index is 0.0250. The molecule has 7 heteroatoms. The summed E-state index contributed by atoms with van der Waals surface area (Å²) in [6.45, 7) is 7.81. The number of rotatable bonds is 4. The van der Waals surface area contributed by atoms with E-state index >= 15 is 0 Å². The molecule has 4 aromatic rings. The second-order valence-electron chi connectivity index (χ2n) is 15.6. The zero-order chi connectivity index (χ0) is 32.8. The molecule has 7 nitrogen and oxygen atoms in total. The van der Waals surface area contributed by atoms with Crippen LogP contribution in [0.2, 0.25) is 0 Å². The Morgan fingerprint density at radius 1 is 1.00 bits per heavy atom. The quantitative estimate of drug-likeness (QED) is 0.182. The number of likely N-dealkylation sites (N-methyl/N-ethyl adjacent to an activating group) is 1. The first-order chi connectivity index (χ1) is 23.4. The molecule has 6 heterocycles. The van der Waals surface area contributed by atoms with Crippen molar-refractivity contribution in [1.29, 1.82) is 0 Å². The Morgan fingerprint density at radius 3 is 2.62 bits per heavy atom. The fourth-order valence-electron chi connectivity index (χ4n) is 11.4.